The number of hydrogen-bond acceptors (Lipinski definition) is 2. The Labute approximate surface area is 112 Å². The summed E-state index contributed by atoms with van der Waals surface area (Å²) in [6.45, 7) is 11.9. The van der Waals surface area contributed by atoms with Crippen LogP contribution in [0.2, 0.25) is 0 Å². The fourth-order valence-corrected chi connectivity index (χ4v) is 2.45. The maximum Gasteiger partial charge on any atom is 0.00190 e. The molecule has 0 atom stereocenters. The minimum absolute atomic E-state index is 0.784. The number of nitrogens with two attached hydrogens (primary N) is 1. The summed E-state index contributed by atoms with van der Waals surface area (Å²) in [6.07, 6.45) is 2.22. The lowest BCUT2D eigenvalue weighted by Crippen LogP contribution is -2.24. The molecule has 0 aromatic heterocycles. The third kappa shape index (κ3) is 3.82. The van der Waals surface area contributed by atoms with Crippen LogP contribution in [-0.2, 0) is 6.42 Å². The van der Waals surface area contributed by atoms with Crippen LogP contribution in [0.5, 0.6) is 0 Å². The van der Waals surface area contributed by atoms with E-state index in [0.29, 0.717) is 0 Å². The number of nitrogens with zero attached hydrogens (tertiary/aromatic N) is 1. The van der Waals surface area contributed by atoms with E-state index < -0.39 is 0 Å². The van der Waals surface area contributed by atoms with Crippen molar-refractivity contribution in [3.63, 3.8) is 0 Å². The summed E-state index contributed by atoms with van der Waals surface area (Å²) >= 11 is 0. The molecule has 2 N–H and O–H groups in total. The number of rotatable bonds is 6. The molecule has 0 saturated carbocycles. The van der Waals surface area contributed by atoms with Crippen molar-refractivity contribution in [3.8, 4) is 0 Å². The van der Waals surface area contributed by atoms with Gasteiger partial charge in [0.1, 0.15) is 0 Å². The van der Waals surface area contributed by atoms with Gasteiger partial charge in [0.2, 0.25) is 0 Å². The predicted molar refractivity (Wildman–Crippen MR) is 80.3 cm³/mol. The lowest BCUT2D eigenvalue weighted by Gasteiger charge is -2.20. The molecule has 2 nitrogen and oxygen atoms in total. The summed E-state index contributed by atoms with van der Waals surface area (Å²) in [5, 5.41) is 0. The Morgan fingerprint density at radius 2 is 1.56 bits per heavy atom. The molecule has 1 aromatic rings. The summed E-state index contributed by atoms with van der Waals surface area (Å²) in [4.78, 5) is 2.38. The van der Waals surface area contributed by atoms with E-state index in [1.165, 1.54) is 27.8 Å². The molecule has 1 rings (SSSR count). The van der Waals surface area contributed by atoms with Crippen molar-refractivity contribution < 1.29 is 0 Å². The summed E-state index contributed by atoms with van der Waals surface area (Å²) in [5.41, 5.74) is 12.8. The van der Waals surface area contributed by atoms with Crippen LogP contribution in [0.1, 0.15) is 34.2 Å². The molecule has 0 bridgehead atoms. The highest BCUT2D eigenvalue weighted by molar-refractivity contribution is 5.44. The molecule has 18 heavy (non-hydrogen) atoms. The van der Waals surface area contributed by atoms with E-state index in [-0.39, 0.29) is 0 Å². The Hall–Kier alpha value is -0.860. The fraction of sp³-hybridized carbons (Fsp3) is 0.625. The van der Waals surface area contributed by atoms with Crippen molar-refractivity contribution in [2.24, 2.45) is 5.73 Å². The lowest BCUT2D eigenvalue weighted by atomic mass is 9.92. The molecule has 1 aromatic carbocycles. The maximum atomic E-state index is 5.55. The second-order valence-corrected chi connectivity index (χ2v) is 5.43. The average molecular weight is 248 g/mol. The SMILES string of the molecule is Cc1cc(C)c(C)c(CCN(C)CCCN)c1C. The van der Waals surface area contributed by atoms with Crippen molar-refractivity contribution in [1.29, 1.82) is 0 Å². The minimum atomic E-state index is 0.784. The molecule has 2 heteroatoms. The van der Waals surface area contributed by atoms with Crippen LogP contribution in [-0.4, -0.2) is 31.6 Å². The smallest absolute Gasteiger partial charge is 0.00190 e. The Morgan fingerprint density at radius 1 is 1.00 bits per heavy atom. The van der Waals surface area contributed by atoms with Crippen molar-refractivity contribution in [1.82, 2.24) is 4.90 Å². The zero-order chi connectivity index (χ0) is 13.7. The highest BCUT2D eigenvalue weighted by Crippen LogP contribution is 2.22. The van der Waals surface area contributed by atoms with Gasteiger partial charge in [0.05, 0.1) is 0 Å². The molecule has 0 spiro atoms. The maximum absolute atomic E-state index is 5.55. The topological polar surface area (TPSA) is 29.3 Å². The van der Waals surface area contributed by atoms with Crippen LogP contribution in [0, 0.1) is 27.7 Å². The van der Waals surface area contributed by atoms with Crippen molar-refractivity contribution in [2.75, 3.05) is 26.7 Å². The first-order chi connectivity index (χ1) is 8.47. The molecule has 0 aliphatic carbocycles. The Kier molecular flexibility index (Phi) is 5.83. The Morgan fingerprint density at radius 3 is 2.06 bits per heavy atom. The van der Waals surface area contributed by atoms with Gasteiger partial charge in [-0.05, 0) is 88.5 Å². The number of hydrogen-bond donors (Lipinski definition) is 1. The summed E-state index contributed by atoms with van der Waals surface area (Å²) in [5.74, 6) is 0. The molecule has 0 unspecified atom stereocenters. The van der Waals surface area contributed by atoms with Gasteiger partial charge in [-0.2, -0.15) is 0 Å². The molecule has 0 saturated heterocycles. The van der Waals surface area contributed by atoms with E-state index in [4.69, 9.17) is 5.73 Å². The Balaban J connectivity index is 2.73. The number of aryl methyl sites for hydroxylation is 2. The van der Waals surface area contributed by atoms with Gasteiger partial charge in [-0.15, -0.1) is 0 Å². The monoisotopic (exact) mass is 248 g/mol. The van der Waals surface area contributed by atoms with Crippen LogP contribution in [0.3, 0.4) is 0 Å². The molecule has 0 aliphatic heterocycles. The minimum Gasteiger partial charge on any atom is -0.330 e. The first-order valence-corrected chi connectivity index (χ1v) is 6.92. The van der Waals surface area contributed by atoms with Crippen LogP contribution < -0.4 is 5.73 Å². The number of likely N-dealkylation sites (N-methyl/N-ethyl adjacent to an activating group) is 1. The van der Waals surface area contributed by atoms with Gasteiger partial charge in [0.15, 0.2) is 0 Å². The van der Waals surface area contributed by atoms with Gasteiger partial charge < -0.3 is 10.6 Å². The predicted octanol–water partition coefficient (Wildman–Crippen LogP) is 2.74. The van der Waals surface area contributed by atoms with Crippen molar-refractivity contribution >= 4 is 0 Å². The van der Waals surface area contributed by atoms with Gasteiger partial charge in [0.25, 0.3) is 0 Å². The normalized spacial score (nSPS) is 11.3. The summed E-state index contributed by atoms with van der Waals surface area (Å²) in [7, 11) is 2.18. The highest BCUT2D eigenvalue weighted by Gasteiger charge is 2.09. The van der Waals surface area contributed by atoms with Gasteiger partial charge in [-0.25, -0.2) is 0 Å². The zero-order valence-corrected chi connectivity index (χ0v) is 12.6. The van der Waals surface area contributed by atoms with E-state index >= 15 is 0 Å². The molecule has 102 valence electrons. The molecule has 0 amide bonds. The van der Waals surface area contributed by atoms with Gasteiger partial charge in [0, 0.05) is 6.54 Å². The van der Waals surface area contributed by atoms with Gasteiger partial charge in [-0.3, -0.25) is 0 Å². The zero-order valence-electron chi connectivity index (χ0n) is 12.6. The van der Waals surface area contributed by atoms with Crippen molar-refractivity contribution in [3.05, 3.63) is 33.9 Å². The molecule has 0 heterocycles. The standard InChI is InChI=1S/C16H28N2/c1-12-11-13(2)15(4)16(14(12)3)7-10-18(5)9-6-8-17/h11H,6-10,17H2,1-5H3. The van der Waals surface area contributed by atoms with Crippen LogP contribution in [0.15, 0.2) is 6.07 Å². The first kappa shape index (κ1) is 15.2. The van der Waals surface area contributed by atoms with Crippen LogP contribution in [0.25, 0.3) is 0 Å². The van der Waals surface area contributed by atoms with Gasteiger partial charge >= 0.3 is 0 Å². The summed E-state index contributed by atoms with van der Waals surface area (Å²) < 4.78 is 0. The van der Waals surface area contributed by atoms with Crippen LogP contribution >= 0.6 is 0 Å². The molecule has 0 aliphatic rings. The second kappa shape index (κ2) is 6.91. The van der Waals surface area contributed by atoms with E-state index in [1.807, 2.05) is 0 Å². The first-order valence-electron chi connectivity index (χ1n) is 6.92. The quantitative estimate of drug-likeness (QED) is 0.839. The lowest BCUT2D eigenvalue weighted by molar-refractivity contribution is 0.335. The summed E-state index contributed by atoms with van der Waals surface area (Å²) in [6, 6.07) is 2.30. The van der Waals surface area contributed by atoms with E-state index in [0.717, 1.165) is 32.5 Å². The van der Waals surface area contributed by atoms with Gasteiger partial charge in [-0.1, -0.05) is 6.07 Å². The third-order valence-electron chi connectivity index (χ3n) is 4.01. The molecule has 0 radical (unpaired) electrons. The molecular formula is C16H28N2. The second-order valence-electron chi connectivity index (χ2n) is 5.43. The highest BCUT2D eigenvalue weighted by atomic mass is 15.1. The molecular weight excluding hydrogens is 220 g/mol. The van der Waals surface area contributed by atoms with Crippen molar-refractivity contribution in [2.45, 2.75) is 40.5 Å². The Bertz CT molecular complexity index is 370. The largest absolute Gasteiger partial charge is 0.330 e. The van der Waals surface area contributed by atoms with E-state index in [9.17, 15) is 0 Å². The van der Waals surface area contributed by atoms with E-state index in [1.54, 1.807) is 0 Å². The fourth-order valence-electron chi connectivity index (χ4n) is 2.45. The van der Waals surface area contributed by atoms with E-state index in [2.05, 4.69) is 45.7 Å². The number of benzene rings is 1. The molecule has 0 fully saturated rings. The third-order valence-corrected chi connectivity index (χ3v) is 4.01. The average Bonchev–Trinajstić information content (AvgIpc) is 2.34. The van der Waals surface area contributed by atoms with Crippen LogP contribution in [0.4, 0.5) is 0 Å².